The summed E-state index contributed by atoms with van der Waals surface area (Å²) in [5.41, 5.74) is 1.81. The highest BCUT2D eigenvalue weighted by molar-refractivity contribution is 7.15. The van der Waals surface area contributed by atoms with Crippen LogP contribution in [0.25, 0.3) is 10.8 Å². The van der Waals surface area contributed by atoms with Gasteiger partial charge < -0.3 is 4.42 Å². The molecule has 0 N–H and O–H groups in total. The molecule has 3 nitrogen and oxygen atoms in total. The molecule has 0 bridgehead atoms. The second-order valence-electron chi connectivity index (χ2n) is 6.67. The van der Waals surface area contributed by atoms with E-state index in [4.69, 9.17) is 9.40 Å². The minimum absolute atomic E-state index is 0.0951. The van der Waals surface area contributed by atoms with Crippen molar-refractivity contribution in [2.75, 3.05) is 13.1 Å². The Morgan fingerprint density at radius 1 is 1.24 bits per heavy atom. The molecular formula is C20H21FN2OS. The van der Waals surface area contributed by atoms with E-state index in [1.54, 1.807) is 23.5 Å². The Morgan fingerprint density at radius 3 is 2.84 bits per heavy atom. The van der Waals surface area contributed by atoms with Crippen LogP contribution in [0.4, 0.5) is 4.39 Å². The van der Waals surface area contributed by atoms with Crippen molar-refractivity contribution in [2.45, 2.75) is 32.7 Å². The van der Waals surface area contributed by atoms with Crippen LogP contribution in [0.5, 0.6) is 0 Å². The van der Waals surface area contributed by atoms with E-state index in [1.807, 2.05) is 19.1 Å². The van der Waals surface area contributed by atoms with Crippen molar-refractivity contribution in [3.8, 4) is 10.8 Å². The molecule has 25 heavy (non-hydrogen) atoms. The molecule has 1 saturated heterocycles. The quantitative estimate of drug-likeness (QED) is 0.647. The van der Waals surface area contributed by atoms with Gasteiger partial charge in [0, 0.05) is 23.9 Å². The van der Waals surface area contributed by atoms with Gasteiger partial charge in [0.15, 0.2) is 0 Å². The summed E-state index contributed by atoms with van der Waals surface area (Å²) in [5.74, 6) is 1.74. The zero-order valence-electron chi connectivity index (χ0n) is 14.5. The van der Waals surface area contributed by atoms with Crippen molar-refractivity contribution in [1.82, 2.24) is 9.88 Å². The highest BCUT2D eigenvalue weighted by Crippen LogP contribution is 2.32. The highest BCUT2D eigenvalue weighted by atomic mass is 32.1. The molecule has 4 rings (SSSR count). The smallest absolute Gasteiger partial charge is 0.236 e. The standard InChI is InChI=1S/C20H21FN2OS/c1-13-7-8-19(25-13)20-22-18(14(2)24-20)12-23-10-9-15(11-23)16-5-3-4-6-17(16)21/h3-8,15H,9-12H2,1-2H3. The van der Waals surface area contributed by atoms with Crippen LogP contribution in [0.2, 0.25) is 0 Å². The number of halogens is 1. The summed E-state index contributed by atoms with van der Waals surface area (Å²) in [4.78, 5) is 9.36. The average Bonchev–Trinajstić information content (AvgIpc) is 3.30. The molecule has 0 aliphatic carbocycles. The van der Waals surface area contributed by atoms with Crippen LogP contribution in [0.3, 0.4) is 0 Å². The zero-order valence-corrected chi connectivity index (χ0v) is 15.3. The van der Waals surface area contributed by atoms with Gasteiger partial charge in [-0.3, -0.25) is 4.90 Å². The van der Waals surface area contributed by atoms with Crippen molar-refractivity contribution in [1.29, 1.82) is 0 Å². The Labute approximate surface area is 151 Å². The summed E-state index contributed by atoms with van der Waals surface area (Å²) < 4.78 is 19.9. The molecule has 0 spiro atoms. The summed E-state index contributed by atoms with van der Waals surface area (Å²) in [5, 5.41) is 0. The molecule has 1 fully saturated rings. The van der Waals surface area contributed by atoms with E-state index in [0.29, 0.717) is 5.89 Å². The molecule has 1 aromatic carbocycles. The largest absolute Gasteiger partial charge is 0.440 e. The van der Waals surface area contributed by atoms with Crippen molar-refractivity contribution in [3.05, 3.63) is 64.1 Å². The monoisotopic (exact) mass is 356 g/mol. The molecule has 5 heteroatoms. The molecule has 3 aromatic rings. The minimum atomic E-state index is -0.0951. The van der Waals surface area contributed by atoms with Gasteiger partial charge in [0.2, 0.25) is 5.89 Å². The Morgan fingerprint density at radius 2 is 2.08 bits per heavy atom. The molecule has 0 radical (unpaired) electrons. The lowest BCUT2D eigenvalue weighted by Gasteiger charge is -2.15. The second kappa shape index (κ2) is 6.73. The van der Waals surface area contributed by atoms with Crippen LogP contribution in [-0.2, 0) is 6.54 Å². The normalized spacial score (nSPS) is 18.1. The van der Waals surface area contributed by atoms with Crippen LogP contribution in [0.15, 0.2) is 40.8 Å². The third-order valence-corrected chi connectivity index (χ3v) is 5.82. The fourth-order valence-electron chi connectivity index (χ4n) is 3.48. The van der Waals surface area contributed by atoms with Gasteiger partial charge in [0.25, 0.3) is 0 Å². The summed E-state index contributed by atoms with van der Waals surface area (Å²) in [7, 11) is 0. The maximum Gasteiger partial charge on any atom is 0.236 e. The van der Waals surface area contributed by atoms with Gasteiger partial charge in [-0.1, -0.05) is 18.2 Å². The van der Waals surface area contributed by atoms with Gasteiger partial charge in [-0.05, 0) is 50.6 Å². The number of rotatable bonds is 4. The lowest BCUT2D eigenvalue weighted by Crippen LogP contribution is -2.20. The molecule has 1 aliphatic rings. The molecule has 1 atom stereocenters. The van der Waals surface area contributed by atoms with Crippen molar-refractivity contribution in [3.63, 3.8) is 0 Å². The minimum Gasteiger partial charge on any atom is -0.440 e. The summed E-state index contributed by atoms with van der Waals surface area (Å²) in [6, 6.07) is 11.3. The van der Waals surface area contributed by atoms with Crippen LogP contribution in [0, 0.1) is 19.7 Å². The van der Waals surface area contributed by atoms with Crippen LogP contribution in [-0.4, -0.2) is 23.0 Å². The number of hydrogen-bond donors (Lipinski definition) is 0. The van der Waals surface area contributed by atoms with E-state index >= 15 is 0 Å². The molecule has 1 unspecified atom stereocenters. The maximum absolute atomic E-state index is 14.0. The van der Waals surface area contributed by atoms with Gasteiger partial charge >= 0.3 is 0 Å². The number of hydrogen-bond acceptors (Lipinski definition) is 4. The molecule has 2 aromatic heterocycles. The molecule has 130 valence electrons. The first kappa shape index (κ1) is 16.5. The molecule has 3 heterocycles. The number of nitrogens with zero attached hydrogens (tertiary/aromatic N) is 2. The van der Waals surface area contributed by atoms with Crippen molar-refractivity contribution < 1.29 is 8.81 Å². The molecule has 1 aliphatic heterocycles. The zero-order chi connectivity index (χ0) is 17.4. The molecular weight excluding hydrogens is 335 g/mol. The third kappa shape index (κ3) is 3.39. The van der Waals surface area contributed by atoms with Gasteiger partial charge in [-0.15, -0.1) is 11.3 Å². The topological polar surface area (TPSA) is 29.3 Å². The Balaban J connectivity index is 1.47. The second-order valence-corrected chi connectivity index (χ2v) is 7.96. The maximum atomic E-state index is 14.0. The Hall–Kier alpha value is -1.98. The van der Waals surface area contributed by atoms with E-state index < -0.39 is 0 Å². The van der Waals surface area contributed by atoms with E-state index in [2.05, 4.69) is 24.0 Å². The van der Waals surface area contributed by atoms with Crippen LogP contribution in [0.1, 0.15) is 34.2 Å². The van der Waals surface area contributed by atoms with E-state index in [-0.39, 0.29) is 11.7 Å². The van der Waals surface area contributed by atoms with Gasteiger partial charge in [-0.2, -0.15) is 0 Å². The first-order chi connectivity index (χ1) is 12.1. The van der Waals surface area contributed by atoms with Gasteiger partial charge in [0.05, 0.1) is 10.6 Å². The average molecular weight is 356 g/mol. The number of thiophene rings is 1. The summed E-state index contributed by atoms with van der Waals surface area (Å²) in [6.45, 7) is 6.62. The molecule has 0 amide bonds. The number of aromatic nitrogens is 1. The Bertz CT molecular complexity index is 885. The van der Waals surface area contributed by atoms with Gasteiger partial charge in [-0.25, -0.2) is 9.37 Å². The fraction of sp³-hybridized carbons (Fsp3) is 0.350. The first-order valence-corrected chi connectivity index (χ1v) is 9.41. The number of aryl methyl sites for hydroxylation is 2. The van der Waals surface area contributed by atoms with Gasteiger partial charge in [0.1, 0.15) is 11.6 Å². The lowest BCUT2D eigenvalue weighted by molar-refractivity contribution is 0.320. The number of oxazole rings is 1. The summed E-state index contributed by atoms with van der Waals surface area (Å²) in [6.07, 6.45) is 0.981. The third-order valence-electron chi connectivity index (χ3n) is 4.83. The Kier molecular flexibility index (Phi) is 4.44. The number of benzene rings is 1. The van der Waals surface area contributed by atoms with Crippen LogP contribution < -0.4 is 0 Å². The fourth-order valence-corrected chi connectivity index (χ4v) is 4.27. The lowest BCUT2D eigenvalue weighted by atomic mass is 9.98. The van der Waals surface area contributed by atoms with E-state index in [9.17, 15) is 4.39 Å². The predicted molar refractivity (Wildman–Crippen MR) is 98.3 cm³/mol. The van der Waals surface area contributed by atoms with Crippen molar-refractivity contribution >= 4 is 11.3 Å². The predicted octanol–water partition coefficient (Wildman–Crippen LogP) is 5.15. The van der Waals surface area contributed by atoms with Crippen molar-refractivity contribution in [2.24, 2.45) is 0 Å². The van der Waals surface area contributed by atoms with Crippen LogP contribution >= 0.6 is 11.3 Å². The SMILES string of the molecule is Cc1ccc(-c2nc(CN3CCC(c4ccccc4F)C3)c(C)o2)s1. The van der Waals surface area contributed by atoms with E-state index in [0.717, 1.165) is 47.9 Å². The summed E-state index contributed by atoms with van der Waals surface area (Å²) >= 11 is 1.69. The first-order valence-electron chi connectivity index (χ1n) is 8.60. The highest BCUT2D eigenvalue weighted by Gasteiger charge is 2.27. The van der Waals surface area contributed by atoms with E-state index in [1.165, 1.54) is 4.88 Å². The number of likely N-dealkylation sites (tertiary alicyclic amines) is 1. The molecule has 0 saturated carbocycles.